The van der Waals surface area contributed by atoms with Gasteiger partial charge in [0.1, 0.15) is 0 Å². The van der Waals surface area contributed by atoms with Gasteiger partial charge in [-0.05, 0) is 50.9 Å². The van der Waals surface area contributed by atoms with Gasteiger partial charge in [0.05, 0.1) is 12.7 Å². The molecule has 2 rings (SSSR count). The molecule has 0 saturated carbocycles. The average Bonchev–Trinajstić information content (AvgIpc) is 2.38. The fourth-order valence-electron chi connectivity index (χ4n) is 2.46. The second-order valence-electron chi connectivity index (χ2n) is 5.68. The highest BCUT2D eigenvalue weighted by Gasteiger charge is 2.09. The van der Waals surface area contributed by atoms with Crippen LogP contribution in [0.25, 0.3) is 0 Å². The molecule has 0 saturated heterocycles. The van der Waals surface area contributed by atoms with Crippen LogP contribution in [0.5, 0.6) is 0 Å². The zero-order valence-corrected chi connectivity index (χ0v) is 12.4. The van der Waals surface area contributed by atoms with Gasteiger partial charge in [0.15, 0.2) is 0 Å². The number of benzene rings is 1. The molecular formula is C16H26N2O. The highest BCUT2D eigenvalue weighted by atomic mass is 16.5. The lowest BCUT2D eigenvalue weighted by Gasteiger charge is -2.21. The lowest BCUT2D eigenvalue weighted by atomic mass is 10.0. The maximum atomic E-state index is 5.59. The molecule has 0 bridgehead atoms. The number of rotatable bonds is 6. The van der Waals surface area contributed by atoms with Crippen molar-refractivity contribution in [3.63, 3.8) is 0 Å². The second-order valence-corrected chi connectivity index (χ2v) is 5.68. The first-order chi connectivity index (χ1) is 9.15. The van der Waals surface area contributed by atoms with Gasteiger partial charge < -0.3 is 10.1 Å². The van der Waals surface area contributed by atoms with Crippen molar-refractivity contribution in [1.29, 1.82) is 0 Å². The summed E-state index contributed by atoms with van der Waals surface area (Å²) in [6.45, 7) is 8.05. The van der Waals surface area contributed by atoms with Crippen LogP contribution in [0.15, 0.2) is 18.2 Å². The standard InChI is InChI=1S/C16H26N2O/c1-13(2)19-10-9-18(3)12-14-6-7-16-15(11-14)5-4-8-17-16/h6-7,11,13,17H,4-5,8-10,12H2,1-3H3. The van der Waals surface area contributed by atoms with E-state index in [1.165, 1.54) is 29.7 Å². The molecule has 0 fully saturated rings. The Morgan fingerprint density at radius 1 is 1.37 bits per heavy atom. The minimum Gasteiger partial charge on any atom is -0.385 e. The Kier molecular flexibility index (Phi) is 5.23. The van der Waals surface area contributed by atoms with Crippen molar-refractivity contribution >= 4 is 5.69 Å². The van der Waals surface area contributed by atoms with Crippen LogP contribution in [0, 0.1) is 0 Å². The van der Waals surface area contributed by atoms with Gasteiger partial charge in [-0.1, -0.05) is 12.1 Å². The molecule has 3 heteroatoms. The summed E-state index contributed by atoms with van der Waals surface area (Å²) in [5.41, 5.74) is 4.19. The summed E-state index contributed by atoms with van der Waals surface area (Å²) in [5.74, 6) is 0. The second kappa shape index (κ2) is 6.92. The topological polar surface area (TPSA) is 24.5 Å². The summed E-state index contributed by atoms with van der Waals surface area (Å²) in [4.78, 5) is 2.32. The van der Waals surface area contributed by atoms with Gasteiger partial charge in [0.2, 0.25) is 0 Å². The number of fused-ring (bicyclic) bond motifs is 1. The van der Waals surface area contributed by atoms with Crippen LogP contribution in [-0.4, -0.2) is 37.7 Å². The lowest BCUT2D eigenvalue weighted by molar-refractivity contribution is 0.0627. The maximum absolute atomic E-state index is 5.59. The molecule has 0 atom stereocenters. The summed E-state index contributed by atoms with van der Waals surface area (Å²) in [7, 11) is 2.15. The Hall–Kier alpha value is -1.06. The average molecular weight is 262 g/mol. The Labute approximate surface area is 116 Å². The Morgan fingerprint density at radius 3 is 3.00 bits per heavy atom. The number of anilines is 1. The molecule has 106 valence electrons. The molecule has 19 heavy (non-hydrogen) atoms. The largest absolute Gasteiger partial charge is 0.385 e. The summed E-state index contributed by atoms with van der Waals surface area (Å²) < 4.78 is 5.59. The van der Waals surface area contributed by atoms with Crippen molar-refractivity contribution in [3.05, 3.63) is 29.3 Å². The molecule has 0 aromatic heterocycles. The van der Waals surface area contributed by atoms with E-state index in [-0.39, 0.29) is 0 Å². The van der Waals surface area contributed by atoms with Crippen molar-refractivity contribution in [2.75, 3.05) is 32.1 Å². The van der Waals surface area contributed by atoms with Crippen LogP contribution >= 0.6 is 0 Å². The Balaban J connectivity index is 1.85. The molecule has 1 heterocycles. The van der Waals surface area contributed by atoms with Crippen LogP contribution in [0.3, 0.4) is 0 Å². The van der Waals surface area contributed by atoms with E-state index in [9.17, 15) is 0 Å². The number of nitrogens with one attached hydrogen (secondary N) is 1. The van der Waals surface area contributed by atoms with Gasteiger partial charge in [-0.15, -0.1) is 0 Å². The summed E-state index contributed by atoms with van der Waals surface area (Å²) in [6.07, 6.45) is 2.77. The minimum absolute atomic E-state index is 0.322. The SMILES string of the molecule is CC(C)OCCN(C)Cc1ccc2c(c1)CCCN2. The first-order valence-corrected chi connectivity index (χ1v) is 7.31. The zero-order chi connectivity index (χ0) is 13.7. The molecule has 1 aliphatic rings. The van der Waals surface area contributed by atoms with E-state index in [0.717, 1.165) is 26.2 Å². The predicted molar refractivity (Wildman–Crippen MR) is 80.7 cm³/mol. The van der Waals surface area contributed by atoms with Crippen molar-refractivity contribution in [1.82, 2.24) is 4.90 Å². The van der Waals surface area contributed by atoms with Crippen molar-refractivity contribution in [2.45, 2.75) is 39.3 Å². The van der Waals surface area contributed by atoms with Crippen LogP contribution in [0.1, 0.15) is 31.4 Å². The quantitative estimate of drug-likeness (QED) is 0.853. The molecule has 1 N–H and O–H groups in total. The van der Waals surface area contributed by atoms with Crippen molar-refractivity contribution in [2.24, 2.45) is 0 Å². The predicted octanol–water partition coefficient (Wildman–Crippen LogP) is 2.90. The highest BCUT2D eigenvalue weighted by Crippen LogP contribution is 2.23. The van der Waals surface area contributed by atoms with Gasteiger partial charge in [0.25, 0.3) is 0 Å². The first kappa shape index (κ1) is 14.4. The number of likely N-dealkylation sites (N-methyl/N-ethyl adjacent to an activating group) is 1. The monoisotopic (exact) mass is 262 g/mol. The van der Waals surface area contributed by atoms with E-state index in [4.69, 9.17) is 4.74 Å². The number of aryl methyl sites for hydroxylation is 1. The number of hydrogen-bond donors (Lipinski definition) is 1. The van der Waals surface area contributed by atoms with Gasteiger partial charge in [0, 0.05) is 25.3 Å². The van der Waals surface area contributed by atoms with Crippen molar-refractivity contribution in [3.8, 4) is 0 Å². The molecule has 3 nitrogen and oxygen atoms in total. The van der Waals surface area contributed by atoms with Crippen LogP contribution < -0.4 is 5.32 Å². The molecule has 1 aromatic carbocycles. The van der Waals surface area contributed by atoms with Crippen LogP contribution in [0.4, 0.5) is 5.69 Å². The molecule has 0 aliphatic carbocycles. The maximum Gasteiger partial charge on any atom is 0.0596 e. The van der Waals surface area contributed by atoms with Crippen LogP contribution in [0.2, 0.25) is 0 Å². The number of hydrogen-bond acceptors (Lipinski definition) is 3. The fraction of sp³-hybridized carbons (Fsp3) is 0.625. The van der Waals surface area contributed by atoms with E-state index >= 15 is 0 Å². The molecule has 0 spiro atoms. The molecule has 0 radical (unpaired) electrons. The van der Waals surface area contributed by atoms with Gasteiger partial charge in [-0.25, -0.2) is 0 Å². The minimum atomic E-state index is 0.322. The molecule has 1 aromatic rings. The van der Waals surface area contributed by atoms with Crippen LogP contribution in [-0.2, 0) is 17.7 Å². The highest BCUT2D eigenvalue weighted by molar-refractivity contribution is 5.54. The third-order valence-electron chi connectivity index (χ3n) is 3.48. The first-order valence-electron chi connectivity index (χ1n) is 7.31. The smallest absolute Gasteiger partial charge is 0.0596 e. The van der Waals surface area contributed by atoms with E-state index in [2.05, 4.69) is 49.3 Å². The Morgan fingerprint density at radius 2 is 2.21 bits per heavy atom. The van der Waals surface area contributed by atoms with Gasteiger partial charge in [-0.2, -0.15) is 0 Å². The normalized spacial score (nSPS) is 14.6. The molecule has 0 amide bonds. The van der Waals surface area contributed by atoms with Gasteiger partial charge in [-0.3, -0.25) is 4.90 Å². The van der Waals surface area contributed by atoms with Crippen molar-refractivity contribution < 1.29 is 4.74 Å². The molecular weight excluding hydrogens is 236 g/mol. The van der Waals surface area contributed by atoms with E-state index in [1.54, 1.807) is 0 Å². The lowest BCUT2D eigenvalue weighted by Crippen LogP contribution is -2.24. The van der Waals surface area contributed by atoms with E-state index in [0.29, 0.717) is 6.10 Å². The third kappa shape index (κ3) is 4.51. The summed E-state index contributed by atoms with van der Waals surface area (Å²) in [5, 5.41) is 3.46. The van der Waals surface area contributed by atoms with E-state index < -0.39 is 0 Å². The fourth-order valence-corrected chi connectivity index (χ4v) is 2.46. The third-order valence-corrected chi connectivity index (χ3v) is 3.48. The molecule has 0 unspecified atom stereocenters. The zero-order valence-electron chi connectivity index (χ0n) is 12.4. The Bertz CT molecular complexity index is 404. The summed E-state index contributed by atoms with van der Waals surface area (Å²) >= 11 is 0. The van der Waals surface area contributed by atoms with E-state index in [1.807, 2.05) is 0 Å². The molecule has 1 aliphatic heterocycles. The number of ether oxygens (including phenoxy) is 1. The summed E-state index contributed by atoms with van der Waals surface area (Å²) in [6, 6.07) is 6.81. The van der Waals surface area contributed by atoms with Gasteiger partial charge >= 0.3 is 0 Å². The number of nitrogens with zero attached hydrogens (tertiary/aromatic N) is 1.